The van der Waals surface area contributed by atoms with Gasteiger partial charge in [0, 0.05) is 5.92 Å². The number of rotatable bonds is 7. The van der Waals surface area contributed by atoms with Crippen molar-refractivity contribution in [2.24, 2.45) is 39.4 Å². The van der Waals surface area contributed by atoms with Gasteiger partial charge in [0.25, 0.3) is 0 Å². The molecule has 0 aliphatic heterocycles. The predicted molar refractivity (Wildman–Crippen MR) is 126 cm³/mol. The van der Waals surface area contributed by atoms with Crippen LogP contribution in [0.3, 0.4) is 0 Å². The zero-order valence-electron chi connectivity index (χ0n) is 21.6. The summed E-state index contributed by atoms with van der Waals surface area (Å²) in [7, 11) is 0. The SMILES string of the molecule is CCCCC1(OC(=O)C(C)(CCC)C(C)(C)C)CCC23CC1C(C)(C)C2CCC3C. The number of hydrogen-bond acceptors (Lipinski definition) is 2. The van der Waals surface area contributed by atoms with Gasteiger partial charge in [-0.1, -0.05) is 68.2 Å². The number of ether oxygens (including phenoxy) is 1. The number of carbonyl (C=O) groups excluding carboxylic acids is 1. The van der Waals surface area contributed by atoms with Crippen molar-refractivity contribution < 1.29 is 9.53 Å². The molecule has 6 atom stereocenters. The van der Waals surface area contributed by atoms with Gasteiger partial charge in [-0.15, -0.1) is 0 Å². The highest BCUT2D eigenvalue weighted by Crippen LogP contribution is 2.74. The normalized spacial score (nSPS) is 39.4. The highest BCUT2D eigenvalue weighted by Gasteiger charge is 2.70. The molecule has 6 unspecified atom stereocenters. The third kappa shape index (κ3) is 3.38. The van der Waals surface area contributed by atoms with E-state index in [1.54, 1.807) is 0 Å². The smallest absolute Gasteiger partial charge is 0.312 e. The molecule has 3 aliphatic rings. The second-order valence-electron chi connectivity index (χ2n) is 13.2. The van der Waals surface area contributed by atoms with Crippen LogP contribution < -0.4 is 0 Å². The monoisotopic (exact) mass is 418 g/mol. The second kappa shape index (κ2) is 7.80. The van der Waals surface area contributed by atoms with Crippen LogP contribution in [0.2, 0.25) is 0 Å². The molecule has 0 amide bonds. The van der Waals surface area contributed by atoms with Gasteiger partial charge < -0.3 is 4.74 Å². The molecular weight excluding hydrogens is 368 g/mol. The van der Waals surface area contributed by atoms with E-state index < -0.39 is 5.41 Å². The van der Waals surface area contributed by atoms with E-state index in [2.05, 4.69) is 62.3 Å². The lowest BCUT2D eigenvalue weighted by Gasteiger charge is -2.51. The summed E-state index contributed by atoms with van der Waals surface area (Å²) in [6.07, 6.45) is 11.7. The molecule has 0 radical (unpaired) electrons. The van der Waals surface area contributed by atoms with Crippen molar-refractivity contribution in [2.75, 3.05) is 0 Å². The van der Waals surface area contributed by atoms with Crippen LogP contribution in [0.5, 0.6) is 0 Å². The van der Waals surface area contributed by atoms with Crippen LogP contribution >= 0.6 is 0 Å². The fourth-order valence-corrected chi connectivity index (χ4v) is 8.21. The maximum Gasteiger partial charge on any atom is 0.312 e. The summed E-state index contributed by atoms with van der Waals surface area (Å²) >= 11 is 0. The molecule has 2 heteroatoms. The van der Waals surface area contributed by atoms with E-state index in [0.717, 1.165) is 43.9 Å². The van der Waals surface area contributed by atoms with Crippen molar-refractivity contribution >= 4 is 5.97 Å². The summed E-state index contributed by atoms with van der Waals surface area (Å²) in [5.41, 5.74) is -0.0164. The number of unbranched alkanes of at least 4 members (excludes halogenated alkanes) is 1. The highest BCUT2D eigenvalue weighted by molar-refractivity contribution is 5.78. The van der Waals surface area contributed by atoms with Gasteiger partial charge in [0.2, 0.25) is 0 Å². The predicted octanol–water partition coefficient (Wildman–Crippen LogP) is 8.18. The lowest BCUT2D eigenvalue weighted by atomic mass is 9.61. The zero-order valence-corrected chi connectivity index (χ0v) is 21.6. The first-order valence-corrected chi connectivity index (χ1v) is 13.0. The number of carbonyl (C=O) groups is 1. The summed E-state index contributed by atoms with van der Waals surface area (Å²) < 4.78 is 6.85. The molecule has 0 aromatic heterocycles. The second-order valence-corrected chi connectivity index (χ2v) is 13.2. The average molecular weight is 419 g/mol. The fraction of sp³-hybridized carbons (Fsp3) is 0.964. The Morgan fingerprint density at radius 3 is 2.23 bits per heavy atom. The van der Waals surface area contributed by atoms with Crippen molar-refractivity contribution in [1.82, 2.24) is 0 Å². The Balaban J connectivity index is 1.98. The summed E-state index contributed by atoms with van der Waals surface area (Å²) in [5.74, 6) is 2.21. The minimum absolute atomic E-state index is 0.0739. The molecule has 3 rings (SSSR count). The zero-order chi connectivity index (χ0) is 22.6. The van der Waals surface area contributed by atoms with E-state index >= 15 is 0 Å². The number of hydrogen-bond donors (Lipinski definition) is 0. The first kappa shape index (κ1) is 24.1. The Kier molecular flexibility index (Phi) is 6.27. The Bertz CT molecular complexity index is 644. The summed E-state index contributed by atoms with van der Waals surface area (Å²) in [6, 6.07) is 0. The van der Waals surface area contributed by atoms with Crippen molar-refractivity contribution in [3.63, 3.8) is 0 Å². The van der Waals surface area contributed by atoms with E-state index in [1.807, 2.05) is 0 Å². The summed E-state index contributed by atoms with van der Waals surface area (Å²) in [4.78, 5) is 13.9. The van der Waals surface area contributed by atoms with Crippen LogP contribution in [0.1, 0.15) is 127 Å². The molecular formula is C28H50O2. The highest BCUT2D eigenvalue weighted by atomic mass is 16.6. The Morgan fingerprint density at radius 1 is 1.00 bits per heavy atom. The van der Waals surface area contributed by atoms with E-state index in [-0.39, 0.29) is 22.4 Å². The quantitative estimate of drug-likeness (QED) is 0.389. The van der Waals surface area contributed by atoms with Gasteiger partial charge in [-0.25, -0.2) is 0 Å². The average Bonchev–Trinajstić information content (AvgIpc) is 3.07. The van der Waals surface area contributed by atoms with Crippen LogP contribution in [0.4, 0.5) is 0 Å². The van der Waals surface area contributed by atoms with Crippen molar-refractivity contribution in [3.05, 3.63) is 0 Å². The van der Waals surface area contributed by atoms with Gasteiger partial charge >= 0.3 is 5.97 Å². The summed E-state index contributed by atoms with van der Waals surface area (Å²) in [6.45, 7) is 20.8. The standard InChI is InChI=1S/C28H50O2/c1-10-12-16-28(30-23(29)26(9,15-11-2)24(4,5)6)18-17-27-19-22(28)25(7,8)21(27)14-13-20(27)3/h20-22H,10-19H2,1-9H3. The molecule has 2 nitrogen and oxygen atoms in total. The Hall–Kier alpha value is -0.530. The maximum atomic E-state index is 13.9. The summed E-state index contributed by atoms with van der Waals surface area (Å²) in [5, 5.41) is 0. The van der Waals surface area contributed by atoms with Gasteiger partial charge in [0.15, 0.2) is 0 Å². The molecule has 3 fully saturated rings. The van der Waals surface area contributed by atoms with Crippen LogP contribution in [0, 0.1) is 39.4 Å². The molecule has 0 aromatic carbocycles. The fourth-order valence-electron chi connectivity index (χ4n) is 8.21. The molecule has 3 saturated carbocycles. The van der Waals surface area contributed by atoms with E-state index in [0.29, 0.717) is 11.3 Å². The van der Waals surface area contributed by atoms with Gasteiger partial charge in [0.05, 0.1) is 5.41 Å². The van der Waals surface area contributed by atoms with Crippen molar-refractivity contribution in [1.29, 1.82) is 0 Å². The third-order valence-electron chi connectivity index (χ3n) is 10.7. The van der Waals surface area contributed by atoms with Gasteiger partial charge in [-0.05, 0) is 86.4 Å². The molecule has 0 aromatic rings. The van der Waals surface area contributed by atoms with Crippen LogP contribution in [0.25, 0.3) is 0 Å². The minimum Gasteiger partial charge on any atom is -0.458 e. The van der Waals surface area contributed by atoms with E-state index in [1.165, 1.54) is 32.1 Å². The molecule has 0 heterocycles. The number of fused-ring (bicyclic) bond motifs is 1. The molecule has 3 aliphatic carbocycles. The van der Waals surface area contributed by atoms with Crippen molar-refractivity contribution in [3.8, 4) is 0 Å². The van der Waals surface area contributed by atoms with Crippen LogP contribution in [-0.4, -0.2) is 11.6 Å². The van der Waals surface area contributed by atoms with E-state index in [9.17, 15) is 4.79 Å². The molecule has 1 spiro atoms. The molecule has 0 N–H and O–H groups in total. The topological polar surface area (TPSA) is 26.3 Å². The largest absolute Gasteiger partial charge is 0.458 e. The van der Waals surface area contributed by atoms with E-state index in [4.69, 9.17) is 4.74 Å². The van der Waals surface area contributed by atoms with Gasteiger partial charge in [-0.3, -0.25) is 4.79 Å². The maximum absolute atomic E-state index is 13.9. The first-order valence-electron chi connectivity index (χ1n) is 13.0. The Morgan fingerprint density at radius 2 is 1.67 bits per heavy atom. The minimum atomic E-state index is -0.429. The molecule has 0 saturated heterocycles. The Labute approximate surface area is 187 Å². The van der Waals surface area contributed by atoms with Crippen molar-refractivity contribution in [2.45, 2.75) is 132 Å². The molecule has 30 heavy (non-hydrogen) atoms. The third-order valence-corrected chi connectivity index (χ3v) is 10.7. The van der Waals surface area contributed by atoms with Crippen LogP contribution in [-0.2, 0) is 9.53 Å². The van der Waals surface area contributed by atoms with Gasteiger partial charge in [-0.2, -0.15) is 0 Å². The first-order chi connectivity index (χ1) is 13.8. The molecule has 2 bridgehead atoms. The molecule has 174 valence electrons. The number of esters is 1. The van der Waals surface area contributed by atoms with Crippen LogP contribution in [0.15, 0.2) is 0 Å². The van der Waals surface area contributed by atoms with Gasteiger partial charge in [0.1, 0.15) is 5.60 Å². The lowest BCUT2D eigenvalue weighted by molar-refractivity contribution is -0.197. The lowest BCUT2D eigenvalue weighted by Crippen LogP contribution is -2.53.